The average Bonchev–Trinajstić information content (AvgIpc) is 3.10. The first-order chi connectivity index (χ1) is 11.7. The van der Waals surface area contributed by atoms with Crippen LogP contribution in [0.5, 0.6) is 5.75 Å². The molecule has 2 aromatic rings. The summed E-state index contributed by atoms with van der Waals surface area (Å²) in [6.45, 7) is 4.34. The number of methoxy groups -OCH3 is 1. The van der Waals surface area contributed by atoms with Crippen molar-refractivity contribution >= 4 is 5.91 Å². The zero-order valence-electron chi connectivity index (χ0n) is 14.2. The van der Waals surface area contributed by atoms with Gasteiger partial charge in [-0.1, -0.05) is 12.1 Å². The average molecular weight is 325 g/mol. The van der Waals surface area contributed by atoms with E-state index in [1.165, 1.54) is 5.56 Å². The Labute approximate surface area is 142 Å². The van der Waals surface area contributed by atoms with E-state index in [0.717, 1.165) is 37.4 Å². The maximum absolute atomic E-state index is 12.4. The summed E-state index contributed by atoms with van der Waals surface area (Å²) in [6, 6.07) is 10.1. The second-order valence-electron chi connectivity index (χ2n) is 6.16. The van der Waals surface area contributed by atoms with Gasteiger partial charge in [-0.2, -0.15) is 0 Å². The predicted molar refractivity (Wildman–Crippen MR) is 93.1 cm³/mol. The third-order valence-electron chi connectivity index (χ3n) is 4.47. The molecule has 1 aliphatic heterocycles. The predicted octanol–water partition coefficient (Wildman–Crippen LogP) is 2.40. The van der Waals surface area contributed by atoms with Crippen molar-refractivity contribution in [2.24, 2.45) is 0 Å². The fourth-order valence-corrected chi connectivity index (χ4v) is 3.02. The van der Waals surface area contributed by atoms with Gasteiger partial charge in [0.25, 0.3) is 5.91 Å². The van der Waals surface area contributed by atoms with E-state index in [2.05, 4.69) is 28.5 Å². The van der Waals surface area contributed by atoms with Crippen LogP contribution in [-0.2, 0) is 6.54 Å². The molecule has 0 bridgehead atoms. The largest absolute Gasteiger partial charge is 0.496 e. The molecule has 1 aliphatic rings. The first-order valence-electron chi connectivity index (χ1n) is 8.23. The molecule has 1 atom stereocenters. The van der Waals surface area contributed by atoms with Crippen molar-refractivity contribution in [2.45, 2.75) is 25.9 Å². The number of carbonyl (C=O) groups excluding carboxylic acids is 1. The third-order valence-corrected chi connectivity index (χ3v) is 4.47. The molecule has 1 N–H and O–H groups in total. The van der Waals surface area contributed by atoms with Crippen LogP contribution in [0.15, 0.2) is 42.7 Å². The Morgan fingerprint density at radius 1 is 1.33 bits per heavy atom. The Morgan fingerprint density at radius 3 is 2.88 bits per heavy atom. The first kappa shape index (κ1) is 16.5. The van der Waals surface area contributed by atoms with Crippen LogP contribution in [0.25, 0.3) is 0 Å². The van der Waals surface area contributed by atoms with Crippen LogP contribution in [0.3, 0.4) is 0 Å². The van der Waals surface area contributed by atoms with Gasteiger partial charge in [-0.3, -0.25) is 9.78 Å². The minimum absolute atomic E-state index is 0.0821. The van der Waals surface area contributed by atoms with Crippen molar-refractivity contribution < 1.29 is 9.53 Å². The number of nitrogens with one attached hydrogen (secondary N) is 1. The lowest BCUT2D eigenvalue weighted by Gasteiger charge is -2.17. The fraction of sp³-hybridized carbons (Fsp3) is 0.368. The van der Waals surface area contributed by atoms with Crippen molar-refractivity contribution in [2.75, 3.05) is 20.2 Å². The minimum atomic E-state index is 0.0821. The highest BCUT2D eigenvalue weighted by molar-refractivity contribution is 5.94. The molecule has 0 aliphatic carbocycles. The van der Waals surface area contributed by atoms with E-state index >= 15 is 0 Å². The number of ether oxygens (including phenoxy) is 1. The number of likely N-dealkylation sites (tertiary alicyclic amines) is 1. The Hall–Kier alpha value is -2.40. The second kappa shape index (κ2) is 7.45. The number of pyridine rings is 1. The summed E-state index contributed by atoms with van der Waals surface area (Å²) in [6.07, 6.45) is 4.29. The number of aryl methyl sites for hydroxylation is 1. The molecule has 1 fully saturated rings. The standard InChI is InChI=1S/C19H23N3O2/c1-14-3-4-15(11-18(14)24-2)12-21-17-7-10-22(13-17)19(23)16-5-8-20-9-6-16/h3-6,8-9,11,17,21H,7,10,12-13H2,1-2H3. The molecule has 126 valence electrons. The summed E-state index contributed by atoms with van der Waals surface area (Å²) >= 11 is 0. The van der Waals surface area contributed by atoms with Crippen molar-refractivity contribution in [3.8, 4) is 5.75 Å². The Morgan fingerprint density at radius 2 is 2.12 bits per heavy atom. The van der Waals surface area contributed by atoms with Gasteiger partial charge in [0, 0.05) is 43.6 Å². The zero-order chi connectivity index (χ0) is 16.9. The Balaban J connectivity index is 1.54. The summed E-state index contributed by atoms with van der Waals surface area (Å²) < 4.78 is 5.37. The van der Waals surface area contributed by atoms with Gasteiger partial charge in [0.15, 0.2) is 0 Å². The van der Waals surface area contributed by atoms with Crippen molar-refractivity contribution in [1.29, 1.82) is 0 Å². The fourth-order valence-electron chi connectivity index (χ4n) is 3.02. The zero-order valence-corrected chi connectivity index (χ0v) is 14.2. The van der Waals surface area contributed by atoms with Gasteiger partial charge in [0.1, 0.15) is 5.75 Å². The molecule has 5 heteroatoms. The van der Waals surface area contributed by atoms with E-state index in [1.807, 2.05) is 11.8 Å². The van der Waals surface area contributed by atoms with Crippen molar-refractivity contribution in [3.63, 3.8) is 0 Å². The van der Waals surface area contributed by atoms with Crippen LogP contribution < -0.4 is 10.1 Å². The van der Waals surface area contributed by atoms with E-state index in [0.29, 0.717) is 11.6 Å². The summed E-state index contributed by atoms with van der Waals surface area (Å²) in [5.74, 6) is 0.994. The quantitative estimate of drug-likeness (QED) is 0.917. The van der Waals surface area contributed by atoms with E-state index in [-0.39, 0.29) is 5.91 Å². The van der Waals surface area contributed by atoms with Crippen molar-refractivity contribution in [1.82, 2.24) is 15.2 Å². The van der Waals surface area contributed by atoms with Gasteiger partial charge in [-0.05, 0) is 42.7 Å². The minimum Gasteiger partial charge on any atom is -0.496 e. The molecule has 24 heavy (non-hydrogen) atoms. The van der Waals surface area contributed by atoms with Crippen molar-refractivity contribution in [3.05, 3.63) is 59.4 Å². The lowest BCUT2D eigenvalue weighted by Crippen LogP contribution is -2.34. The molecule has 1 aromatic carbocycles. The highest BCUT2D eigenvalue weighted by Crippen LogP contribution is 2.19. The van der Waals surface area contributed by atoms with Gasteiger partial charge in [-0.15, -0.1) is 0 Å². The Kier molecular flexibility index (Phi) is 5.11. The number of amides is 1. The highest BCUT2D eigenvalue weighted by atomic mass is 16.5. The lowest BCUT2D eigenvalue weighted by atomic mass is 10.1. The molecule has 1 amide bonds. The molecule has 0 spiro atoms. The summed E-state index contributed by atoms with van der Waals surface area (Å²) in [5.41, 5.74) is 3.03. The van der Waals surface area contributed by atoms with E-state index in [9.17, 15) is 4.79 Å². The monoisotopic (exact) mass is 325 g/mol. The van der Waals surface area contributed by atoms with Gasteiger partial charge in [-0.25, -0.2) is 0 Å². The molecule has 3 rings (SSSR count). The summed E-state index contributed by atoms with van der Waals surface area (Å²) in [4.78, 5) is 18.3. The molecule has 1 aromatic heterocycles. The third kappa shape index (κ3) is 3.74. The van der Waals surface area contributed by atoms with E-state index in [1.54, 1.807) is 31.6 Å². The van der Waals surface area contributed by atoms with Crippen LogP contribution in [0.2, 0.25) is 0 Å². The van der Waals surface area contributed by atoms with Gasteiger partial charge in [0.05, 0.1) is 7.11 Å². The summed E-state index contributed by atoms with van der Waals surface area (Å²) in [5, 5.41) is 3.54. The number of rotatable bonds is 5. The molecule has 0 radical (unpaired) electrons. The Bertz CT molecular complexity index is 703. The van der Waals surface area contributed by atoms with E-state index < -0.39 is 0 Å². The number of benzene rings is 1. The van der Waals surface area contributed by atoms with Crippen LogP contribution in [0.1, 0.15) is 27.9 Å². The molecule has 1 unspecified atom stereocenters. The SMILES string of the molecule is COc1cc(CNC2CCN(C(=O)c3ccncc3)C2)ccc1C. The van der Waals surface area contributed by atoms with Gasteiger partial charge < -0.3 is 15.0 Å². The van der Waals surface area contributed by atoms with Crippen LogP contribution in [0, 0.1) is 6.92 Å². The molecule has 5 nitrogen and oxygen atoms in total. The number of carbonyl (C=O) groups is 1. The number of nitrogens with zero attached hydrogens (tertiary/aromatic N) is 2. The van der Waals surface area contributed by atoms with Gasteiger partial charge in [0.2, 0.25) is 0 Å². The summed E-state index contributed by atoms with van der Waals surface area (Å²) in [7, 11) is 1.69. The molecule has 1 saturated heterocycles. The lowest BCUT2D eigenvalue weighted by molar-refractivity contribution is 0.0789. The number of hydrogen-bond acceptors (Lipinski definition) is 4. The number of hydrogen-bond donors (Lipinski definition) is 1. The first-order valence-corrected chi connectivity index (χ1v) is 8.23. The number of aromatic nitrogens is 1. The van der Waals surface area contributed by atoms with Crippen LogP contribution in [-0.4, -0.2) is 42.0 Å². The molecular weight excluding hydrogens is 302 g/mol. The van der Waals surface area contributed by atoms with Crippen LogP contribution >= 0.6 is 0 Å². The second-order valence-corrected chi connectivity index (χ2v) is 6.16. The highest BCUT2D eigenvalue weighted by Gasteiger charge is 2.26. The topological polar surface area (TPSA) is 54.5 Å². The molecule has 2 heterocycles. The normalized spacial score (nSPS) is 17.1. The van der Waals surface area contributed by atoms with Crippen LogP contribution in [0.4, 0.5) is 0 Å². The van der Waals surface area contributed by atoms with E-state index in [4.69, 9.17) is 4.74 Å². The molecule has 0 saturated carbocycles. The maximum atomic E-state index is 12.4. The van der Waals surface area contributed by atoms with Gasteiger partial charge >= 0.3 is 0 Å². The maximum Gasteiger partial charge on any atom is 0.254 e. The molecular formula is C19H23N3O2. The smallest absolute Gasteiger partial charge is 0.254 e.